The minimum atomic E-state index is -0.974. The lowest BCUT2D eigenvalue weighted by Gasteiger charge is -2.28. The van der Waals surface area contributed by atoms with E-state index in [1.54, 1.807) is 30.8 Å². The van der Waals surface area contributed by atoms with Crippen LogP contribution in [0.1, 0.15) is 19.9 Å². The first-order chi connectivity index (χ1) is 7.52. The van der Waals surface area contributed by atoms with Gasteiger partial charge in [0.1, 0.15) is 6.04 Å². The monoisotopic (exact) mass is 226 g/mol. The van der Waals surface area contributed by atoms with E-state index in [0.717, 1.165) is 0 Å². The first-order valence-corrected chi connectivity index (χ1v) is 5.18. The molecule has 5 heteroatoms. The number of nitrogens with one attached hydrogen (secondary N) is 1. The van der Waals surface area contributed by atoms with E-state index in [4.69, 9.17) is 10.2 Å². The number of nitrogens with zero attached hydrogens (tertiary/aromatic N) is 1. The molecule has 90 valence electrons. The molecule has 0 bridgehead atoms. The molecule has 0 aliphatic carbocycles. The number of hydrogen-bond donors (Lipinski definition) is 3. The molecule has 0 radical (unpaired) electrons. The van der Waals surface area contributed by atoms with E-state index in [1.807, 2.05) is 12.1 Å². The molecule has 1 amide bonds. The third-order valence-corrected chi connectivity index (χ3v) is 2.58. The summed E-state index contributed by atoms with van der Waals surface area (Å²) in [5.41, 5.74) is -0.974. The number of rotatable bonds is 5. The van der Waals surface area contributed by atoms with Gasteiger partial charge in [0.2, 0.25) is 5.91 Å². The van der Waals surface area contributed by atoms with Gasteiger partial charge in [-0.15, -0.1) is 0 Å². The van der Waals surface area contributed by atoms with Crippen LogP contribution in [0.2, 0.25) is 0 Å². The maximum absolute atomic E-state index is 11.8. The number of hydrogen-bond acceptors (Lipinski definition) is 3. The highest BCUT2D eigenvalue weighted by molar-refractivity contribution is 5.80. The van der Waals surface area contributed by atoms with Crippen molar-refractivity contribution in [3.63, 3.8) is 0 Å². The predicted octanol–water partition coefficient (Wildman–Crippen LogP) is -0.0914. The van der Waals surface area contributed by atoms with E-state index >= 15 is 0 Å². The lowest BCUT2D eigenvalue weighted by Crippen LogP contribution is -2.53. The van der Waals surface area contributed by atoms with Gasteiger partial charge >= 0.3 is 0 Å². The number of amides is 1. The van der Waals surface area contributed by atoms with Crippen LogP contribution in [0.25, 0.3) is 0 Å². The van der Waals surface area contributed by atoms with E-state index in [-0.39, 0.29) is 25.2 Å². The van der Waals surface area contributed by atoms with Gasteiger partial charge in [0.15, 0.2) is 0 Å². The van der Waals surface area contributed by atoms with Gasteiger partial charge < -0.3 is 20.1 Å². The highest BCUT2D eigenvalue weighted by atomic mass is 16.3. The maximum Gasteiger partial charge on any atom is 0.243 e. The van der Waals surface area contributed by atoms with Crippen LogP contribution in [-0.2, 0) is 4.79 Å². The normalized spacial score (nSPS) is 13.5. The van der Waals surface area contributed by atoms with Crippen LogP contribution >= 0.6 is 0 Å². The molecule has 0 unspecified atom stereocenters. The molecule has 1 rings (SSSR count). The number of aromatic nitrogens is 1. The molecule has 0 aromatic carbocycles. The summed E-state index contributed by atoms with van der Waals surface area (Å²) in [6.45, 7) is 2.75. The van der Waals surface area contributed by atoms with Crippen molar-refractivity contribution in [3.05, 3.63) is 24.5 Å². The Morgan fingerprint density at radius 3 is 2.31 bits per heavy atom. The van der Waals surface area contributed by atoms with Crippen LogP contribution in [0.5, 0.6) is 0 Å². The van der Waals surface area contributed by atoms with E-state index < -0.39 is 5.54 Å². The average Bonchev–Trinajstić information content (AvgIpc) is 2.81. The predicted molar refractivity (Wildman–Crippen MR) is 59.9 cm³/mol. The van der Waals surface area contributed by atoms with Crippen LogP contribution in [0.15, 0.2) is 24.5 Å². The van der Waals surface area contributed by atoms with Crippen LogP contribution in [0.4, 0.5) is 0 Å². The summed E-state index contributed by atoms with van der Waals surface area (Å²) in [6, 6.07) is 3.30. The van der Waals surface area contributed by atoms with Crippen LogP contribution in [-0.4, -0.2) is 39.4 Å². The number of carbonyl (C=O) groups excluding carboxylic acids is 1. The lowest BCUT2D eigenvalue weighted by atomic mass is 10.0. The lowest BCUT2D eigenvalue weighted by molar-refractivity contribution is -0.126. The van der Waals surface area contributed by atoms with Gasteiger partial charge in [0.25, 0.3) is 0 Å². The Morgan fingerprint density at radius 2 is 1.88 bits per heavy atom. The zero-order chi connectivity index (χ0) is 12.2. The Hall–Kier alpha value is -1.33. The minimum Gasteiger partial charge on any atom is -0.394 e. The summed E-state index contributed by atoms with van der Waals surface area (Å²) in [6.07, 6.45) is 3.58. The quantitative estimate of drug-likeness (QED) is 0.657. The van der Waals surface area contributed by atoms with Crippen molar-refractivity contribution >= 4 is 5.91 Å². The van der Waals surface area contributed by atoms with Crippen LogP contribution in [0, 0.1) is 0 Å². The Morgan fingerprint density at radius 1 is 1.38 bits per heavy atom. The molecule has 0 saturated carbocycles. The molecular weight excluding hydrogens is 208 g/mol. The first-order valence-electron chi connectivity index (χ1n) is 5.18. The number of aliphatic hydroxyl groups excluding tert-OH is 2. The average molecular weight is 226 g/mol. The Bertz CT molecular complexity index is 331. The second kappa shape index (κ2) is 5.14. The van der Waals surface area contributed by atoms with Gasteiger partial charge in [0, 0.05) is 12.4 Å². The molecule has 1 aromatic heterocycles. The maximum atomic E-state index is 11.8. The second-order valence-corrected chi connectivity index (χ2v) is 4.17. The van der Waals surface area contributed by atoms with Crippen molar-refractivity contribution in [1.82, 2.24) is 9.88 Å². The van der Waals surface area contributed by atoms with Gasteiger partial charge in [-0.3, -0.25) is 4.79 Å². The van der Waals surface area contributed by atoms with Crippen molar-refractivity contribution in [3.8, 4) is 0 Å². The van der Waals surface area contributed by atoms with E-state index in [2.05, 4.69) is 5.32 Å². The molecule has 5 nitrogen and oxygen atoms in total. The smallest absolute Gasteiger partial charge is 0.243 e. The fourth-order valence-electron chi connectivity index (χ4n) is 1.27. The minimum absolute atomic E-state index is 0.234. The molecule has 0 spiro atoms. The molecule has 0 fully saturated rings. The first kappa shape index (κ1) is 12.7. The highest BCUT2D eigenvalue weighted by Crippen LogP contribution is 2.09. The summed E-state index contributed by atoms with van der Waals surface area (Å²) >= 11 is 0. The molecule has 0 aliphatic heterocycles. The van der Waals surface area contributed by atoms with E-state index in [9.17, 15) is 4.79 Å². The SMILES string of the molecule is C[C@H](C(=O)NC(C)(CO)CO)n1cccc1. The van der Waals surface area contributed by atoms with Gasteiger partial charge in [-0.1, -0.05) is 0 Å². The third kappa shape index (κ3) is 2.84. The molecule has 1 heterocycles. The zero-order valence-corrected chi connectivity index (χ0v) is 9.55. The Balaban J connectivity index is 2.65. The number of carbonyl (C=O) groups is 1. The topological polar surface area (TPSA) is 74.5 Å². The van der Waals surface area contributed by atoms with E-state index in [1.165, 1.54) is 0 Å². The molecule has 1 atom stereocenters. The van der Waals surface area contributed by atoms with Crippen LogP contribution < -0.4 is 5.32 Å². The third-order valence-electron chi connectivity index (χ3n) is 2.58. The Labute approximate surface area is 94.7 Å². The van der Waals surface area contributed by atoms with Crippen molar-refractivity contribution < 1.29 is 15.0 Å². The standard InChI is InChI=1S/C11H18N2O3/c1-9(13-5-3-4-6-13)10(16)12-11(2,7-14)8-15/h3-6,9,14-15H,7-8H2,1-2H3,(H,12,16)/t9-/m1/s1. The molecular formula is C11H18N2O3. The number of aliphatic hydroxyl groups is 2. The molecule has 16 heavy (non-hydrogen) atoms. The molecule has 3 N–H and O–H groups in total. The summed E-state index contributed by atoms with van der Waals surface area (Å²) in [7, 11) is 0. The van der Waals surface area contributed by atoms with Crippen molar-refractivity contribution in [2.24, 2.45) is 0 Å². The zero-order valence-electron chi connectivity index (χ0n) is 9.55. The fourth-order valence-corrected chi connectivity index (χ4v) is 1.27. The van der Waals surface area contributed by atoms with Crippen molar-refractivity contribution in [2.75, 3.05) is 13.2 Å². The molecule has 0 saturated heterocycles. The van der Waals surface area contributed by atoms with Gasteiger partial charge in [-0.2, -0.15) is 0 Å². The largest absolute Gasteiger partial charge is 0.394 e. The highest BCUT2D eigenvalue weighted by Gasteiger charge is 2.27. The molecule has 1 aromatic rings. The van der Waals surface area contributed by atoms with Crippen molar-refractivity contribution in [1.29, 1.82) is 0 Å². The van der Waals surface area contributed by atoms with Gasteiger partial charge in [0.05, 0.1) is 18.8 Å². The summed E-state index contributed by atoms with van der Waals surface area (Å²) in [5.74, 6) is -0.234. The summed E-state index contributed by atoms with van der Waals surface area (Å²) < 4.78 is 1.75. The van der Waals surface area contributed by atoms with Crippen molar-refractivity contribution in [2.45, 2.75) is 25.4 Å². The fraction of sp³-hybridized carbons (Fsp3) is 0.545. The summed E-state index contributed by atoms with van der Waals surface area (Å²) in [4.78, 5) is 11.8. The van der Waals surface area contributed by atoms with E-state index in [0.29, 0.717) is 0 Å². The Kier molecular flexibility index (Phi) is 4.09. The van der Waals surface area contributed by atoms with Gasteiger partial charge in [-0.25, -0.2) is 0 Å². The second-order valence-electron chi connectivity index (χ2n) is 4.17. The van der Waals surface area contributed by atoms with Crippen LogP contribution in [0.3, 0.4) is 0 Å². The molecule has 0 aliphatic rings. The van der Waals surface area contributed by atoms with Gasteiger partial charge in [-0.05, 0) is 26.0 Å². The summed E-state index contributed by atoms with van der Waals surface area (Å²) in [5, 5.41) is 20.8.